The Morgan fingerprint density at radius 2 is 2.08 bits per heavy atom. The Balaban J connectivity index is 1.66. The highest BCUT2D eigenvalue weighted by molar-refractivity contribution is 5.79. The Labute approximate surface area is 153 Å². The molecule has 1 heterocycles. The van der Waals surface area contributed by atoms with Crippen LogP contribution in [-0.4, -0.2) is 42.2 Å². The second-order valence-electron chi connectivity index (χ2n) is 6.78. The van der Waals surface area contributed by atoms with E-state index in [1.54, 1.807) is 18.1 Å². The second-order valence-corrected chi connectivity index (χ2v) is 6.78. The lowest BCUT2D eigenvalue weighted by Gasteiger charge is -2.36. The van der Waals surface area contributed by atoms with E-state index in [9.17, 15) is 14.3 Å². The number of ether oxygens (including phenoxy) is 1. The summed E-state index contributed by atoms with van der Waals surface area (Å²) in [6.45, 7) is 1.01. The molecule has 1 saturated heterocycles. The van der Waals surface area contributed by atoms with Gasteiger partial charge in [0.1, 0.15) is 11.6 Å². The Hall–Kier alpha value is -2.40. The minimum absolute atomic E-state index is 0.0191. The molecule has 1 N–H and O–H groups in total. The standard InChI is InChI=1S/C21H24FNO3/c1-26-20-8-3-2-6-16(20)13-21(25)23-10-9-19(24)17(14-23)11-15-5-4-7-18(22)12-15/h2-8,12,17,19,24H,9-11,13-14H2,1H3/t17-,19+/m1/s1. The molecule has 2 atom stereocenters. The number of halogens is 1. The third-order valence-electron chi connectivity index (χ3n) is 4.97. The number of hydrogen-bond donors (Lipinski definition) is 1. The zero-order valence-corrected chi connectivity index (χ0v) is 14.9. The highest BCUT2D eigenvalue weighted by Crippen LogP contribution is 2.24. The minimum atomic E-state index is -0.478. The first-order valence-corrected chi connectivity index (χ1v) is 8.89. The van der Waals surface area contributed by atoms with E-state index in [1.165, 1.54) is 12.1 Å². The number of para-hydroxylation sites is 1. The molecule has 2 aromatic carbocycles. The molecule has 0 spiro atoms. The number of rotatable bonds is 5. The SMILES string of the molecule is COc1ccccc1CC(=O)N1CC[C@H](O)[C@H](Cc2cccc(F)c2)C1. The first-order chi connectivity index (χ1) is 12.6. The predicted molar refractivity (Wildman–Crippen MR) is 97.5 cm³/mol. The van der Waals surface area contributed by atoms with E-state index < -0.39 is 6.10 Å². The molecule has 138 valence electrons. The lowest BCUT2D eigenvalue weighted by atomic mass is 9.88. The van der Waals surface area contributed by atoms with Gasteiger partial charge in [0.2, 0.25) is 5.91 Å². The summed E-state index contributed by atoms with van der Waals surface area (Å²) in [6, 6.07) is 13.9. The average molecular weight is 357 g/mol. The summed E-state index contributed by atoms with van der Waals surface area (Å²) < 4.78 is 18.7. The van der Waals surface area contributed by atoms with Gasteiger partial charge in [-0.15, -0.1) is 0 Å². The number of hydrogen-bond acceptors (Lipinski definition) is 3. The van der Waals surface area contributed by atoms with Crippen LogP contribution in [0.4, 0.5) is 4.39 Å². The van der Waals surface area contributed by atoms with E-state index in [0.29, 0.717) is 31.7 Å². The molecule has 26 heavy (non-hydrogen) atoms. The highest BCUT2D eigenvalue weighted by Gasteiger charge is 2.30. The first kappa shape index (κ1) is 18.4. The fraction of sp³-hybridized carbons (Fsp3) is 0.381. The summed E-state index contributed by atoms with van der Waals surface area (Å²) in [4.78, 5) is 14.5. The van der Waals surface area contributed by atoms with Crippen molar-refractivity contribution < 1.29 is 19.0 Å². The summed E-state index contributed by atoms with van der Waals surface area (Å²) in [6.07, 6.45) is 0.885. The molecule has 0 radical (unpaired) electrons. The third kappa shape index (κ3) is 4.41. The Morgan fingerprint density at radius 1 is 1.27 bits per heavy atom. The van der Waals surface area contributed by atoms with Crippen LogP contribution in [0.15, 0.2) is 48.5 Å². The van der Waals surface area contributed by atoms with E-state index in [-0.39, 0.29) is 24.1 Å². The quantitative estimate of drug-likeness (QED) is 0.895. The van der Waals surface area contributed by atoms with Gasteiger partial charge in [-0.2, -0.15) is 0 Å². The van der Waals surface area contributed by atoms with Gasteiger partial charge in [-0.05, 0) is 36.6 Å². The molecule has 0 bridgehead atoms. The van der Waals surface area contributed by atoms with Crippen molar-refractivity contribution in [1.29, 1.82) is 0 Å². The largest absolute Gasteiger partial charge is 0.496 e. The van der Waals surface area contributed by atoms with Crippen LogP contribution in [0.2, 0.25) is 0 Å². The lowest BCUT2D eigenvalue weighted by Crippen LogP contribution is -2.47. The molecule has 0 aromatic heterocycles. The molecule has 0 aliphatic carbocycles. The summed E-state index contributed by atoms with van der Waals surface area (Å²) in [5.41, 5.74) is 1.70. The number of benzene rings is 2. The van der Waals surface area contributed by atoms with Gasteiger partial charge in [-0.25, -0.2) is 4.39 Å². The Morgan fingerprint density at radius 3 is 2.85 bits per heavy atom. The van der Waals surface area contributed by atoms with Gasteiger partial charge >= 0.3 is 0 Å². The first-order valence-electron chi connectivity index (χ1n) is 8.89. The maximum Gasteiger partial charge on any atom is 0.227 e. The van der Waals surface area contributed by atoms with E-state index in [0.717, 1.165) is 11.1 Å². The zero-order chi connectivity index (χ0) is 18.5. The molecule has 1 aliphatic rings. The number of aliphatic hydroxyl groups is 1. The van der Waals surface area contributed by atoms with Crippen LogP contribution in [0, 0.1) is 11.7 Å². The maximum atomic E-state index is 13.4. The van der Waals surface area contributed by atoms with Crippen LogP contribution in [-0.2, 0) is 17.6 Å². The molecule has 5 heteroatoms. The normalized spacial score (nSPS) is 20.0. The van der Waals surface area contributed by atoms with Gasteiger partial charge in [0.05, 0.1) is 19.6 Å². The summed E-state index contributed by atoms with van der Waals surface area (Å²) in [7, 11) is 1.59. The van der Waals surface area contributed by atoms with Crippen molar-refractivity contribution >= 4 is 5.91 Å². The summed E-state index contributed by atoms with van der Waals surface area (Å²) >= 11 is 0. The van der Waals surface area contributed by atoms with Gasteiger partial charge in [0.15, 0.2) is 0 Å². The van der Waals surface area contributed by atoms with E-state index in [1.807, 2.05) is 30.3 Å². The number of carbonyl (C=O) groups is 1. The van der Waals surface area contributed by atoms with Gasteiger partial charge in [0, 0.05) is 24.6 Å². The monoisotopic (exact) mass is 357 g/mol. The number of methoxy groups -OCH3 is 1. The number of piperidine rings is 1. The maximum absolute atomic E-state index is 13.4. The Kier molecular flexibility index (Phi) is 5.89. The van der Waals surface area contributed by atoms with Gasteiger partial charge < -0.3 is 14.7 Å². The van der Waals surface area contributed by atoms with Crippen molar-refractivity contribution in [1.82, 2.24) is 4.90 Å². The number of carbonyl (C=O) groups excluding carboxylic acids is 1. The predicted octanol–water partition coefficient (Wildman–Crippen LogP) is 2.83. The van der Waals surface area contributed by atoms with Crippen LogP contribution >= 0.6 is 0 Å². The molecule has 2 aromatic rings. The fourth-order valence-electron chi connectivity index (χ4n) is 3.54. The molecular weight excluding hydrogens is 333 g/mol. The highest BCUT2D eigenvalue weighted by atomic mass is 19.1. The number of aliphatic hydroxyl groups excluding tert-OH is 1. The van der Waals surface area contributed by atoms with Gasteiger partial charge in [0.25, 0.3) is 0 Å². The molecule has 1 aliphatic heterocycles. The molecule has 1 amide bonds. The fourth-order valence-corrected chi connectivity index (χ4v) is 3.54. The molecule has 1 fully saturated rings. The van der Waals surface area contributed by atoms with E-state index in [2.05, 4.69) is 0 Å². The van der Waals surface area contributed by atoms with Crippen LogP contribution in [0.3, 0.4) is 0 Å². The van der Waals surface area contributed by atoms with E-state index >= 15 is 0 Å². The van der Waals surface area contributed by atoms with Crippen molar-refractivity contribution in [3.63, 3.8) is 0 Å². The zero-order valence-electron chi connectivity index (χ0n) is 14.9. The lowest BCUT2D eigenvalue weighted by molar-refractivity contribution is -0.134. The number of likely N-dealkylation sites (tertiary alicyclic amines) is 1. The van der Waals surface area contributed by atoms with E-state index in [4.69, 9.17) is 4.74 Å². The topological polar surface area (TPSA) is 49.8 Å². The number of nitrogens with zero attached hydrogens (tertiary/aromatic N) is 1. The van der Waals surface area contributed by atoms with Crippen molar-refractivity contribution in [3.05, 3.63) is 65.5 Å². The van der Waals surface area contributed by atoms with Gasteiger partial charge in [-0.1, -0.05) is 30.3 Å². The molecule has 3 rings (SSSR count). The molecule has 0 unspecified atom stereocenters. The molecule has 4 nitrogen and oxygen atoms in total. The molecule has 0 saturated carbocycles. The van der Waals surface area contributed by atoms with Crippen molar-refractivity contribution in [2.45, 2.75) is 25.4 Å². The smallest absolute Gasteiger partial charge is 0.227 e. The minimum Gasteiger partial charge on any atom is -0.496 e. The van der Waals surface area contributed by atoms with Gasteiger partial charge in [-0.3, -0.25) is 4.79 Å². The van der Waals surface area contributed by atoms with Crippen molar-refractivity contribution in [2.75, 3.05) is 20.2 Å². The van der Waals surface area contributed by atoms with Crippen LogP contribution in [0.1, 0.15) is 17.5 Å². The summed E-state index contributed by atoms with van der Waals surface area (Å²) in [5, 5.41) is 10.3. The molecular formula is C21H24FNO3. The number of amides is 1. The van der Waals surface area contributed by atoms with Crippen molar-refractivity contribution in [3.8, 4) is 5.75 Å². The Bertz CT molecular complexity index is 764. The van der Waals surface area contributed by atoms with Crippen LogP contribution in [0.5, 0.6) is 5.75 Å². The summed E-state index contributed by atoms with van der Waals surface area (Å²) in [5.74, 6) is 0.351. The van der Waals surface area contributed by atoms with Crippen LogP contribution < -0.4 is 4.74 Å². The average Bonchev–Trinajstić information content (AvgIpc) is 2.64. The third-order valence-corrected chi connectivity index (χ3v) is 4.97. The van der Waals surface area contributed by atoms with Crippen molar-refractivity contribution in [2.24, 2.45) is 5.92 Å². The van der Waals surface area contributed by atoms with Crippen LogP contribution in [0.25, 0.3) is 0 Å². The second kappa shape index (κ2) is 8.32.